The molecular weight excluding hydrogens is 394 g/mol. The number of rotatable bonds is 6. The maximum atomic E-state index is 12.5. The second-order valence-corrected chi connectivity index (χ2v) is 9.95. The van der Waals surface area contributed by atoms with Crippen LogP contribution in [0.1, 0.15) is 36.8 Å². The normalized spacial score (nSPS) is 19.7. The molecule has 3 rings (SSSR count). The van der Waals surface area contributed by atoms with Gasteiger partial charge in [0.2, 0.25) is 5.91 Å². The number of anilines is 1. The second-order valence-electron chi connectivity index (χ2n) is 7.04. The molecule has 0 aliphatic heterocycles. The Morgan fingerprint density at radius 3 is 2.41 bits per heavy atom. The van der Waals surface area contributed by atoms with Crippen molar-refractivity contribution in [3.8, 4) is 0 Å². The Morgan fingerprint density at radius 1 is 1.04 bits per heavy atom. The third-order valence-corrected chi connectivity index (χ3v) is 8.44. The predicted octanol–water partition coefficient (Wildman–Crippen LogP) is 6.73. The van der Waals surface area contributed by atoms with Gasteiger partial charge in [-0.15, -0.1) is 23.5 Å². The third kappa shape index (κ3) is 5.69. The molecule has 0 aromatic heterocycles. The molecule has 2 nitrogen and oxygen atoms in total. The number of aryl methyl sites for hydroxylation is 2. The fourth-order valence-corrected chi connectivity index (χ4v) is 6.49. The second kappa shape index (κ2) is 9.90. The van der Waals surface area contributed by atoms with Gasteiger partial charge in [-0.1, -0.05) is 54.8 Å². The van der Waals surface area contributed by atoms with E-state index in [1.807, 2.05) is 62.0 Å². The molecule has 5 heteroatoms. The molecule has 0 saturated heterocycles. The standard InChI is InChI=1S/C22H26ClNOS2/c1-15-8-7-9-16(2)22(15)24-21(25)14-26-19-12-5-6-13-20(19)27-18-11-4-3-10-17(18)23/h3-4,7-11,19-20H,5-6,12-14H2,1-2H3,(H,24,25). The van der Waals surface area contributed by atoms with Gasteiger partial charge in [0.05, 0.1) is 10.8 Å². The predicted molar refractivity (Wildman–Crippen MR) is 120 cm³/mol. The van der Waals surface area contributed by atoms with Crippen LogP contribution in [0.25, 0.3) is 0 Å². The molecule has 1 fully saturated rings. The van der Waals surface area contributed by atoms with Crippen molar-refractivity contribution in [3.63, 3.8) is 0 Å². The number of thioether (sulfide) groups is 2. The van der Waals surface area contributed by atoms with Crippen LogP contribution < -0.4 is 5.32 Å². The summed E-state index contributed by atoms with van der Waals surface area (Å²) in [5.41, 5.74) is 3.17. The minimum absolute atomic E-state index is 0.0875. The van der Waals surface area contributed by atoms with Crippen molar-refractivity contribution in [3.05, 3.63) is 58.6 Å². The van der Waals surface area contributed by atoms with E-state index in [0.717, 1.165) is 26.7 Å². The molecule has 1 aliphatic carbocycles. The fourth-order valence-electron chi connectivity index (χ4n) is 3.46. The highest BCUT2D eigenvalue weighted by atomic mass is 35.5. The van der Waals surface area contributed by atoms with Crippen LogP contribution in [0.3, 0.4) is 0 Å². The minimum Gasteiger partial charge on any atom is -0.325 e. The number of benzene rings is 2. The third-order valence-electron chi connectivity index (χ3n) is 4.93. The van der Waals surface area contributed by atoms with Crippen molar-refractivity contribution in [1.82, 2.24) is 0 Å². The molecule has 1 aliphatic rings. The summed E-state index contributed by atoms with van der Waals surface area (Å²) in [6.07, 6.45) is 4.86. The first kappa shape index (κ1) is 20.6. The number of halogens is 1. The van der Waals surface area contributed by atoms with E-state index in [1.165, 1.54) is 25.7 Å². The maximum Gasteiger partial charge on any atom is 0.234 e. The lowest BCUT2D eigenvalue weighted by Crippen LogP contribution is -2.27. The van der Waals surface area contributed by atoms with E-state index in [4.69, 9.17) is 11.6 Å². The molecular formula is C22H26ClNOS2. The molecule has 1 N–H and O–H groups in total. The van der Waals surface area contributed by atoms with Gasteiger partial charge in [-0.05, 0) is 49.9 Å². The Morgan fingerprint density at radius 2 is 1.70 bits per heavy atom. The number of carbonyl (C=O) groups is 1. The number of hydrogen-bond acceptors (Lipinski definition) is 3. The smallest absolute Gasteiger partial charge is 0.234 e. The lowest BCUT2D eigenvalue weighted by Gasteiger charge is -2.30. The van der Waals surface area contributed by atoms with E-state index in [9.17, 15) is 4.79 Å². The minimum atomic E-state index is 0.0875. The van der Waals surface area contributed by atoms with Crippen LogP contribution in [0.4, 0.5) is 5.69 Å². The monoisotopic (exact) mass is 419 g/mol. The van der Waals surface area contributed by atoms with Gasteiger partial charge in [-0.3, -0.25) is 4.79 Å². The molecule has 1 amide bonds. The zero-order valence-corrected chi connectivity index (χ0v) is 18.2. The summed E-state index contributed by atoms with van der Waals surface area (Å²) in [4.78, 5) is 13.7. The van der Waals surface area contributed by atoms with Crippen molar-refractivity contribution in [2.45, 2.75) is 54.9 Å². The SMILES string of the molecule is Cc1cccc(C)c1NC(=O)CSC1CCCCC1Sc1ccccc1Cl. The molecule has 0 radical (unpaired) electrons. The van der Waals surface area contributed by atoms with E-state index in [2.05, 4.69) is 11.4 Å². The van der Waals surface area contributed by atoms with Crippen molar-refractivity contribution in [2.75, 3.05) is 11.1 Å². The average Bonchev–Trinajstić information content (AvgIpc) is 2.66. The van der Waals surface area contributed by atoms with Crippen LogP contribution in [0.15, 0.2) is 47.4 Å². The highest BCUT2D eigenvalue weighted by Crippen LogP contribution is 2.41. The van der Waals surface area contributed by atoms with Gasteiger partial charge in [-0.2, -0.15) is 0 Å². The molecule has 2 aromatic rings. The largest absolute Gasteiger partial charge is 0.325 e. The molecule has 2 aromatic carbocycles. The van der Waals surface area contributed by atoms with E-state index in [-0.39, 0.29) is 5.91 Å². The first-order chi connectivity index (χ1) is 13.0. The Hall–Kier alpha value is -1.10. The van der Waals surface area contributed by atoms with E-state index >= 15 is 0 Å². The summed E-state index contributed by atoms with van der Waals surface area (Å²) in [6, 6.07) is 14.1. The molecule has 1 saturated carbocycles. The van der Waals surface area contributed by atoms with E-state index < -0.39 is 0 Å². The van der Waals surface area contributed by atoms with Crippen LogP contribution in [0.2, 0.25) is 5.02 Å². The first-order valence-corrected chi connectivity index (χ1v) is 11.7. The molecule has 0 heterocycles. The van der Waals surface area contributed by atoms with E-state index in [0.29, 0.717) is 16.3 Å². The Labute approximate surface area is 175 Å². The summed E-state index contributed by atoms with van der Waals surface area (Å²) in [5, 5.41) is 4.93. The van der Waals surface area contributed by atoms with Crippen LogP contribution in [-0.2, 0) is 4.79 Å². The van der Waals surface area contributed by atoms with Gasteiger partial charge in [0.1, 0.15) is 0 Å². The summed E-state index contributed by atoms with van der Waals surface area (Å²) in [5.74, 6) is 0.586. The molecule has 144 valence electrons. The highest BCUT2D eigenvalue weighted by Gasteiger charge is 2.27. The van der Waals surface area contributed by atoms with Crippen LogP contribution in [0.5, 0.6) is 0 Å². The molecule has 0 bridgehead atoms. The lowest BCUT2D eigenvalue weighted by atomic mass is 10.00. The number of hydrogen-bond donors (Lipinski definition) is 1. The Bertz CT molecular complexity index is 775. The summed E-state index contributed by atoms with van der Waals surface area (Å²) < 4.78 is 0. The zero-order chi connectivity index (χ0) is 19.2. The molecule has 2 atom stereocenters. The van der Waals surface area contributed by atoms with E-state index in [1.54, 1.807) is 11.8 Å². The van der Waals surface area contributed by atoms with Gasteiger partial charge >= 0.3 is 0 Å². The molecule has 0 spiro atoms. The van der Waals surface area contributed by atoms with Gasteiger partial charge < -0.3 is 5.32 Å². The van der Waals surface area contributed by atoms with Crippen LogP contribution >= 0.6 is 35.1 Å². The quantitative estimate of drug-likeness (QED) is 0.562. The number of para-hydroxylation sites is 1. The number of amides is 1. The van der Waals surface area contributed by atoms with Crippen LogP contribution in [-0.4, -0.2) is 22.2 Å². The van der Waals surface area contributed by atoms with Crippen LogP contribution in [0, 0.1) is 13.8 Å². The lowest BCUT2D eigenvalue weighted by molar-refractivity contribution is -0.113. The summed E-state index contributed by atoms with van der Waals surface area (Å²) in [7, 11) is 0. The summed E-state index contributed by atoms with van der Waals surface area (Å²) in [6.45, 7) is 4.07. The van der Waals surface area contributed by atoms with Gasteiger partial charge in [0.25, 0.3) is 0 Å². The number of nitrogens with one attached hydrogen (secondary N) is 1. The maximum absolute atomic E-state index is 12.5. The topological polar surface area (TPSA) is 29.1 Å². The molecule has 27 heavy (non-hydrogen) atoms. The first-order valence-electron chi connectivity index (χ1n) is 9.43. The van der Waals surface area contributed by atoms with Crippen molar-refractivity contribution in [2.24, 2.45) is 0 Å². The molecule has 2 unspecified atom stereocenters. The fraction of sp³-hybridized carbons (Fsp3) is 0.409. The Kier molecular flexibility index (Phi) is 7.57. The highest BCUT2D eigenvalue weighted by molar-refractivity contribution is 8.04. The van der Waals surface area contributed by atoms with Gasteiger partial charge in [0.15, 0.2) is 0 Å². The van der Waals surface area contributed by atoms with Gasteiger partial charge in [0, 0.05) is 21.1 Å². The van der Waals surface area contributed by atoms with Crippen molar-refractivity contribution < 1.29 is 4.79 Å². The number of carbonyl (C=O) groups excluding carboxylic acids is 1. The summed E-state index contributed by atoms with van der Waals surface area (Å²) >= 11 is 10.0. The van der Waals surface area contributed by atoms with Gasteiger partial charge in [-0.25, -0.2) is 0 Å². The van der Waals surface area contributed by atoms with Crippen molar-refractivity contribution in [1.29, 1.82) is 0 Å². The average molecular weight is 420 g/mol. The van der Waals surface area contributed by atoms with Crippen molar-refractivity contribution >= 4 is 46.7 Å². The Balaban J connectivity index is 1.58. The zero-order valence-electron chi connectivity index (χ0n) is 15.8.